The highest BCUT2D eigenvalue weighted by molar-refractivity contribution is 7.56. The molecular formula is C96H141O27PSi4. The molecule has 128 heavy (non-hydrogen) atoms. The zero-order valence-corrected chi connectivity index (χ0v) is 85.4. The van der Waals surface area contributed by atoms with Crippen LogP contribution in [-0.4, -0.2) is 186 Å². The van der Waals surface area contributed by atoms with Gasteiger partial charge >= 0.3 is 49.4 Å². The molecule has 4 aromatic carbocycles. The first kappa shape index (κ1) is 108. The molecule has 1 N–H and O–H groups in total. The first-order valence-corrected chi connectivity index (χ1v) is 60.7. The van der Waals surface area contributed by atoms with Gasteiger partial charge in [0.1, 0.15) is 101 Å². The lowest BCUT2D eigenvalue weighted by Gasteiger charge is -2.22. The molecule has 2 saturated carbocycles. The quantitative estimate of drug-likeness (QED) is 0.00628. The van der Waals surface area contributed by atoms with Gasteiger partial charge < -0.3 is 90.0 Å². The maximum atomic E-state index is 12.6. The SMILES string of the molecule is C=C/C(=C\Cc1c(OC)c(C)c2c(c1OCC[Si](C)(C)C)C(=O)OC2)C(=O)OCC.C=CC(C(=O)OCC)P(=O)(OCC)OCC.CCOC(=O)/C(=C/Cc1c(OC)c(C)c2c(c1OCC[Si](C)(C)C)C(=O)OC2)C1CC1.COc1c(C)c2c(c(OCC[Si](C)(C)C)c1C/C=C(/CO)C1CC1)C(=O)OC2.COc1c(C)c2c(c(OCC[Si](C)(C)C)c1CC=O)C(=O)OC2. The van der Waals surface area contributed by atoms with Gasteiger partial charge in [0.15, 0.2) is 5.66 Å². The van der Waals surface area contributed by atoms with Crippen LogP contribution in [-0.2, 0) is 118 Å². The number of hydrogen-bond donors (Lipinski definition) is 1. The predicted octanol–water partition coefficient (Wildman–Crippen LogP) is 19.2. The third-order valence-corrected chi connectivity index (χ3v) is 31.2. The number of rotatable bonds is 44. The van der Waals surface area contributed by atoms with Gasteiger partial charge in [0.25, 0.3) is 0 Å². The molecular weight excluding hydrogens is 1730 g/mol. The molecule has 0 bridgehead atoms. The van der Waals surface area contributed by atoms with Crippen LogP contribution in [0.25, 0.3) is 0 Å². The Morgan fingerprint density at radius 3 is 1.01 bits per heavy atom. The number of carbonyl (C=O) groups excluding carboxylic acids is 8. The first-order valence-electron chi connectivity index (χ1n) is 44.3. The molecule has 4 heterocycles. The maximum absolute atomic E-state index is 12.6. The third kappa shape index (κ3) is 29.2. The molecule has 0 aromatic heterocycles. The van der Waals surface area contributed by atoms with Gasteiger partial charge in [-0.3, -0.25) is 9.36 Å². The standard InChI is InChI=1S/C24H34O6Si.C23H32O6Si.C22H32O5Si.C17H24O5Si.C10H19O5P/c1-7-28-23(25)17(16-8-9-16)10-11-18-21(27-3)15(2)19-14-30-24(26)20(19)22(18)29-12-13-31(4,5)6;1-8-16(22(24)27-9-2)10-11-17-20(26-4)15(3)18-14-29-23(25)19(18)21(17)28-12-13-30(5,6)7;1-14-18-13-27-22(24)19(18)21(26-10-11-28(3,4)5)17(20(14)25-2)9-8-16(12-23)15-6-7-15;1-11-13-10-22-17(19)14(13)16(21-8-9-23(3,4)5)12(6-7-18)15(11)20-2;1-5-9(10(11)13-6-2)16(12,14-7-3)15-8-4/h10,16H,7-9,11-14H2,1-6H3;8,10H,1,9,11-14H2,2-7H3;8,15,23H,6-7,9-13H2,1-5H3;7H,6,8-10H2,1-5H3;5,9H,1,6-8H2,2-4H3/b17-10+;16-10+;16-8-;;. The number of esters is 7. The van der Waals surface area contributed by atoms with Crippen molar-refractivity contribution in [3.8, 4) is 46.0 Å². The van der Waals surface area contributed by atoms with E-state index in [9.17, 15) is 48.0 Å². The molecule has 2 fully saturated rings. The van der Waals surface area contributed by atoms with Gasteiger partial charge in [-0.1, -0.05) is 116 Å². The number of benzene rings is 4. The Labute approximate surface area is 761 Å². The Morgan fingerprint density at radius 1 is 0.438 bits per heavy atom. The molecule has 6 aliphatic rings. The molecule has 708 valence electrons. The summed E-state index contributed by atoms with van der Waals surface area (Å²) in [5.41, 5.74) is 12.8. The highest BCUT2D eigenvalue weighted by Gasteiger charge is 2.42. The van der Waals surface area contributed by atoms with Crippen LogP contribution in [0.15, 0.2) is 60.3 Å². The molecule has 32 heteroatoms. The number of ether oxygens (including phenoxy) is 15. The Bertz CT molecular complexity index is 4780. The number of aliphatic hydroxyl groups excluding tert-OH is 1. The van der Waals surface area contributed by atoms with Crippen molar-refractivity contribution >= 4 is 88.0 Å². The smallest absolute Gasteiger partial charge is 0.348 e. The highest BCUT2D eigenvalue weighted by Crippen LogP contribution is 2.54. The summed E-state index contributed by atoms with van der Waals surface area (Å²) >= 11 is 0. The van der Waals surface area contributed by atoms with Gasteiger partial charge in [0.2, 0.25) is 0 Å². The lowest BCUT2D eigenvalue weighted by atomic mass is 9.94. The van der Waals surface area contributed by atoms with Crippen LogP contribution in [0, 0.1) is 39.5 Å². The number of cyclic esters (lactones) is 4. The number of hydrogen-bond acceptors (Lipinski definition) is 27. The normalized spacial score (nSPS) is 14.8. The minimum atomic E-state index is -3.51. The van der Waals surface area contributed by atoms with E-state index in [1.807, 2.05) is 40.7 Å². The highest BCUT2D eigenvalue weighted by atomic mass is 31.2. The summed E-state index contributed by atoms with van der Waals surface area (Å²) < 4.78 is 106. The average Bonchev–Trinajstić information content (AvgIpc) is 1.52. The summed E-state index contributed by atoms with van der Waals surface area (Å²) in [4.78, 5) is 96.9. The minimum absolute atomic E-state index is 0.0742. The zero-order valence-electron chi connectivity index (χ0n) is 80.5. The van der Waals surface area contributed by atoms with E-state index in [1.54, 1.807) is 62.2 Å². The number of carbonyl (C=O) groups is 8. The molecule has 4 aliphatic heterocycles. The van der Waals surface area contributed by atoms with Gasteiger partial charge in [-0.15, -0.1) is 6.58 Å². The van der Waals surface area contributed by atoms with Crippen molar-refractivity contribution in [1.29, 1.82) is 0 Å². The van der Waals surface area contributed by atoms with E-state index in [2.05, 4.69) is 97.8 Å². The Kier molecular flexibility index (Phi) is 41.4. The molecule has 4 aromatic rings. The number of methoxy groups -OCH3 is 4. The lowest BCUT2D eigenvalue weighted by molar-refractivity contribution is -0.142. The van der Waals surface area contributed by atoms with E-state index in [0.717, 1.165) is 123 Å². The van der Waals surface area contributed by atoms with Gasteiger partial charge in [0.05, 0.1) is 100 Å². The molecule has 0 amide bonds. The van der Waals surface area contributed by atoms with E-state index in [0.29, 0.717) is 143 Å². The maximum Gasteiger partial charge on any atom is 0.348 e. The van der Waals surface area contributed by atoms with Crippen LogP contribution in [0.1, 0.15) is 168 Å². The van der Waals surface area contributed by atoms with Crippen LogP contribution in [0.3, 0.4) is 0 Å². The topological polar surface area (TPSA) is 331 Å². The van der Waals surface area contributed by atoms with Gasteiger partial charge in [-0.05, 0) is 171 Å². The second-order valence-electron chi connectivity index (χ2n) is 36.5. The zero-order chi connectivity index (χ0) is 95.5. The van der Waals surface area contributed by atoms with E-state index in [-0.39, 0.29) is 95.7 Å². The van der Waals surface area contributed by atoms with E-state index in [4.69, 9.17) is 80.1 Å². The Balaban J connectivity index is 0.000000251. The van der Waals surface area contributed by atoms with Crippen LogP contribution in [0.2, 0.25) is 103 Å². The van der Waals surface area contributed by atoms with E-state index < -0.39 is 63.5 Å². The second-order valence-corrected chi connectivity index (χ2v) is 61.1. The molecule has 2 aliphatic carbocycles. The van der Waals surface area contributed by atoms with Crippen molar-refractivity contribution in [3.05, 3.63) is 149 Å². The summed E-state index contributed by atoms with van der Waals surface area (Å²) in [7, 11) is -2.26. The second kappa shape index (κ2) is 49.2. The fourth-order valence-corrected chi connectivity index (χ4v) is 19.3. The molecule has 0 saturated heterocycles. The summed E-state index contributed by atoms with van der Waals surface area (Å²) in [6.07, 6.45) is 15.0. The summed E-state index contributed by atoms with van der Waals surface area (Å²) in [5.74, 6) is 2.71. The lowest BCUT2D eigenvalue weighted by Crippen LogP contribution is -2.23. The van der Waals surface area contributed by atoms with Gasteiger partial charge in [-0.25, -0.2) is 28.8 Å². The fraction of sp³-hybridized carbons (Fsp3) is 0.562. The third-order valence-electron chi connectivity index (χ3n) is 22.1. The monoisotopic (exact) mass is 1870 g/mol. The van der Waals surface area contributed by atoms with Crippen LogP contribution in [0.4, 0.5) is 0 Å². The number of aldehydes is 1. The fourth-order valence-electron chi connectivity index (χ4n) is 14.7. The van der Waals surface area contributed by atoms with Crippen molar-refractivity contribution in [2.75, 3.05) is 94.5 Å². The first-order chi connectivity index (χ1) is 60.4. The van der Waals surface area contributed by atoms with Crippen molar-refractivity contribution in [2.24, 2.45) is 11.8 Å². The average molecular weight is 1870 g/mol. The summed E-state index contributed by atoms with van der Waals surface area (Å²) in [5, 5.41) is 9.69. The molecule has 0 radical (unpaired) electrons. The molecule has 10 rings (SSSR count). The van der Waals surface area contributed by atoms with E-state index >= 15 is 0 Å². The van der Waals surface area contributed by atoms with Crippen molar-refractivity contribution in [2.45, 2.75) is 249 Å². The Morgan fingerprint density at radius 2 is 0.742 bits per heavy atom. The van der Waals surface area contributed by atoms with Crippen molar-refractivity contribution in [1.82, 2.24) is 0 Å². The molecule has 1 unspecified atom stereocenters. The minimum Gasteiger partial charge on any atom is -0.496 e. The molecule has 0 spiro atoms. The van der Waals surface area contributed by atoms with Crippen LogP contribution >= 0.6 is 7.60 Å². The molecule has 1 atom stereocenters. The number of aliphatic hydroxyl groups is 1. The number of allylic oxidation sites excluding steroid dienone is 3. The number of fused-ring (bicyclic) bond motifs is 4. The van der Waals surface area contributed by atoms with Crippen molar-refractivity contribution in [3.63, 3.8) is 0 Å². The van der Waals surface area contributed by atoms with E-state index in [1.165, 1.54) is 12.2 Å². The summed E-state index contributed by atoms with van der Waals surface area (Å²) in [6.45, 7) is 55.2. The molecule has 27 nitrogen and oxygen atoms in total. The van der Waals surface area contributed by atoms with Crippen LogP contribution in [0.5, 0.6) is 46.0 Å². The predicted molar refractivity (Wildman–Crippen MR) is 505 cm³/mol. The van der Waals surface area contributed by atoms with Gasteiger partial charge in [-0.2, -0.15) is 0 Å². The van der Waals surface area contributed by atoms with Crippen LogP contribution < -0.4 is 37.9 Å². The van der Waals surface area contributed by atoms with Crippen molar-refractivity contribution < 1.29 is 128 Å². The largest absolute Gasteiger partial charge is 0.496 e. The summed E-state index contributed by atoms with van der Waals surface area (Å²) in [6, 6.07) is 3.89. The Hall–Kier alpha value is -9.08. The van der Waals surface area contributed by atoms with Gasteiger partial charge in [0, 0.05) is 88.8 Å².